The van der Waals surface area contributed by atoms with Crippen LogP contribution < -0.4 is 10.0 Å². The van der Waals surface area contributed by atoms with E-state index in [9.17, 15) is 22.8 Å². The Bertz CT molecular complexity index is 1250. The highest BCUT2D eigenvalue weighted by Crippen LogP contribution is 2.23. The standard InChI is InChI=1S/C20H17N3O7S/c24-17(25)11-15(20(27)28)22-19(26)13-6-8-14(9-7-13)23-31(29,30)16-5-1-3-12-4-2-10-21-18(12)16/h1-10,15,23H,11H2,(H,22,26)(H,24,25)(H,27,28)/t15-/m0/s1. The van der Waals surface area contributed by atoms with E-state index >= 15 is 0 Å². The summed E-state index contributed by atoms with van der Waals surface area (Å²) in [6.45, 7) is 0. The number of aromatic nitrogens is 1. The van der Waals surface area contributed by atoms with Gasteiger partial charge >= 0.3 is 11.9 Å². The van der Waals surface area contributed by atoms with Crippen LogP contribution in [-0.4, -0.2) is 47.5 Å². The predicted molar refractivity (Wildman–Crippen MR) is 110 cm³/mol. The summed E-state index contributed by atoms with van der Waals surface area (Å²) >= 11 is 0. The van der Waals surface area contributed by atoms with Crippen molar-refractivity contribution in [1.29, 1.82) is 0 Å². The van der Waals surface area contributed by atoms with Gasteiger partial charge in [0.25, 0.3) is 15.9 Å². The third-order valence-electron chi connectivity index (χ3n) is 4.27. The van der Waals surface area contributed by atoms with Crippen molar-refractivity contribution in [2.24, 2.45) is 0 Å². The fourth-order valence-electron chi connectivity index (χ4n) is 2.81. The molecule has 1 aromatic heterocycles. The number of sulfonamides is 1. The van der Waals surface area contributed by atoms with Gasteiger partial charge in [-0.05, 0) is 36.4 Å². The number of carboxylic acid groups (broad SMARTS) is 2. The quantitative estimate of drug-likeness (QED) is 0.409. The van der Waals surface area contributed by atoms with Crippen LogP contribution in [0.4, 0.5) is 5.69 Å². The summed E-state index contributed by atoms with van der Waals surface area (Å²) in [7, 11) is -3.97. The van der Waals surface area contributed by atoms with Gasteiger partial charge < -0.3 is 15.5 Å². The van der Waals surface area contributed by atoms with Gasteiger partial charge in [-0.1, -0.05) is 18.2 Å². The Morgan fingerprint density at radius 3 is 2.29 bits per heavy atom. The number of nitrogens with zero attached hydrogens (tertiary/aromatic N) is 1. The van der Waals surface area contributed by atoms with E-state index in [0.29, 0.717) is 10.9 Å². The topological polar surface area (TPSA) is 163 Å². The molecule has 10 nitrogen and oxygen atoms in total. The fourth-order valence-corrected chi connectivity index (χ4v) is 4.05. The number of amides is 1. The Hall–Kier alpha value is -3.99. The number of aliphatic carboxylic acids is 2. The van der Waals surface area contributed by atoms with Crippen molar-refractivity contribution in [3.8, 4) is 0 Å². The lowest BCUT2D eigenvalue weighted by Gasteiger charge is -2.13. The zero-order chi connectivity index (χ0) is 22.6. The molecule has 0 radical (unpaired) electrons. The van der Waals surface area contributed by atoms with Gasteiger partial charge in [0.1, 0.15) is 10.9 Å². The minimum absolute atomic E-state index is 0.00890. The summed E-state index contributed by atoms with van der Waals surface area (Å²) in [5.41, 5.74) is 0.517. The highest BCUT2D eigenvalue weighted by Gasteiger charge is 2.24. The Morgan fingerprint density at radius 1 is 0.968 bits per heavy atom. The summed E-state index contributed by atoms with van der Waals surface area (Å²) in [6, 6.07) is 11.8. The van der Waals surface area contributed by atoms with Crippen molar-refractivity contribution in [2.75, 3.05) is 4.72 Å². The van der Waals surface area contributed by atoms with Crippen LogP contribution in [0.2, 0.25) is 0 Å². The van der Waals surface area contributed by atoms with Gasteiger partial charge in [-0.2, -0.15) is 0 Å². The fraction of sp³-hybridized carbons (Fsp3) is 0.100. The van der Waals surface area contributed by atoms with Crippen LogP contribution in [-0.2, 0) is 19.6 Å². The molecule has 1 atom stereocenters. The third kappa shape index (κ3) is 5.14. The van der Waals surface area contributed by atoms with Crippen molar-refractivity contribution in [3.63, 3.8) is 0 Å². The highest BCUT2D eigenvalue weighted by atomic mass is 32.2. The van der Waals surface area contributed by atoms with Gasteiger partial charge in [0.15, 0.2) is 0 Å². The van der Waals surface area contributed by atoms with Crippen LogP contribution in [0.5, 0.6) is 0 Å². The molecule has 0 saturated heterocycles. The van der Waals surface area contributed by atoms with E-state index in [1.54, 1.807) is 24.3 Å². The summed E-state index contributed by atoms with van der Waals surface area (Å²) < 4.78 is 28.0. The van der Waals surface area contributed by atoms with E-state index in [0.717, 1.165) is 0 Å². The molecule has 0 spiro atoms. The van der Waals surface area contributed by atoms with Crippen molar-refractivity contribution < 1.29 is 33.0 Å². The van der Waals surface area contributed by atoms with E-state index in [4.69, 9.17) is 10.2 Å². The molecule has 160 valence electrons. The molecular formula is C20H17N3O7S. The summed E-state index contributed by atoms with van der Waals surface area (Å²) in [5.74, 6) is -3.66. The molecular weight excluding hydrogens is 426 g/mol. The SMILES string of the molecule is O=C(O)C[C@H](NC(=O)c1ccc(NS(=O)(=O)c2cccc3cccnc23)cc1)C(=O)O. The van der Waals surface area contributed by atoms with Gasteiger partial charge in [-0.3, -0.25) is 19.3 Å². The number of fused-ring (bicyclic) bond motifs is 1. The average Bonchev–Trinajstić information content (AvgIpc) is 2.72. The number of rotatable bonds is 8. The molecule has 0 aliphatic rings. The van der Waals surface area contributed by atoms with Crippen LogP contribution in [0.25, 0.3) is 10.9 Å². The summed E-state index contributed by atoms with van der Waals surface area (Å²) in [6.07, 6.45) is 0.710. The molecule has 0 aliphatic heterocycles. The van der Waals surface area contributed by atoms with Crippen molar-refractivity contribution in [3.05, 3.63) is 66.4 Å². The maximum atomic E-state index is 12.8. The second-order valence-corrected chi connectivity index (χ2v) is 8.13. The maximum absolute atomic E-state index is 12.8. The molecule has 31 heavy (non-hydrogen) atoms. The first-order chi connectivity index (χ1) is 14.7. The van der Waals surface area contributed by atoms with Crippen molar-refractivity contribution >= 4 is 44.5 Å². The Labute approximate surface area is 176 Å². The van der Waals surface area contributed by atoms with Crippen LogP contribution in [0.1, 0.15) is 16.8 Å². The normalized spacial score (nSPS) is 12.1. The second-order valence-electron chi connectivity index (χ2n) is 6.48. The van der Waals surface area contributed by atoms with Gasteiger partial charge in [0.2, 0.25) is 0 Å². The molecule has 3 rings (SSSR count). The minimum atomic E-state index is -3.97. The van der Waals surface area contributed by atoms with E-state index in [1.165, 1.54) is 36.5 Å². The van der Waals surface area contributed by atoms with E-state index < -0.39 is 40.3 Å². The number of anilines is 1. The van der Waals surface area contributed by atoms with E-state index in [-0.39, 0.29) is 16.1 Å². The molecule has 4 N–H and O–H groups in total. The molecule has 0 saturated carbocycles. The minimum Gasteiger partial charge on any atom is -0.481 e. The number of carboxylic acids is 2. The molecule has 0 unspecified atom stereocenters. The Balaban J connectivity index is 1.77. The highest BCUT2D eigenvalue weighted by molar-refractivity contribution is 7.93. The number of para-hydroxylation sites is 1. The van der Waals surface area contributed by atoms with Gasteiger partial charge in [0, 0.05) is 22.8 Å². The van der Waals surface area contributed by atoms with Crippen LogP contribution in [0.15, 0.2) is 65.7 Å². The Morgan fingerprint density at radius 2 is 1.65 bits per heavy atom. The maximum Gasteiger partial charge on any atom is 0.326 e. The van der Waals surface area contributed by atoms with Gasteiger partial charge in [-0.25, -0.2) is 13.2 Å². The monoisotopic (exact) mass is 443 g/mol. The zero-order valence-corrected chi connectivity index (χ0v) is 16.7. The zero-order valence-electron chi connectivity index (χ0n) is 15.8. The molecule has 2 aromatic carbocycles. The predicted octanol–water partition coefficient (Wildman–Crippen LogP) is 1.69. The molecule has 3 aromatic rings. The second kappa shape index (κ2) is 8.79. The molecule has 11 heteroatoms. The molecule has 1 heterocycles. The molecule has 0 aliphatic carbocycles. The smallest absolute Gasteiger partial charge is 0.326 e. The van der Waals surface area contributed by atoms with Crippen LogP contribution in [0.3, 0.4) is 0 Å². The van der Waals surface area contributed by atoms with E-state index in [1.807, 2.05) is 0 Å². The Kier molecular flexibility index (Phi) is 6.16. The van der Waals surface area contributed by atoms with E-state index in [2.05, 4.69) is 15.0 Å². The summed E-state index contributed by atoms with van der Waals surface area (Å²) in [5, 5.41) is 20.5. The van der Waals surface area contributed by atoms with Crippen molar-refractivity contribution in [2.45, 2.75) is 17.4 Å². The van der Waals surface area contributed by atoms with Crippen LogP contribution in [0, 0.1) is 0 Å². The molecule has 0 fully saturated rings. The number of pyridine rings is 1. The lowest BCUT2D eigenvalue weighted by molar-refractivity contribution is -0.145. The number of hydrogen-bond donors (Lipinski definition) is 4. The first kappa shape index (κ1) is 21.7. The third-order valence-corrected chi connectivity index (χ3v) is 5.68. The molecule has 0 bridgehead atoms. The van der Waals surface area contributed by atoms with Crippen molar-refractivity contribution in [1.82, 2.24) is 10.3 Å². The number of carbonyl (C=O) groups is 3. The van der Waals surface area contributed by atoms with Gasteiger partial charge in [-0.15, -0.1) is 0 Å². The van der Waals surface area contributed by atoms with Crippen LogP contribution >= 0.6 is 0 Å². The number of benzene rings is 2. The van der Waals surface area contributed by atoms with Gasteiger partial charge in [0.05, 0.1) is 11.9 Å². The average molecular weight is 443 g/mol. The largest absolute Gasteiger partial charge is 0.481 e. The number of carbonyl (C=O) groups excluding carboxylic acids is 1. The number of hydrogen-bond acceptors (Lipinski definition) is 6. The lowest BCUT2D eigenvalue weighted by atomic mass is 10.1. The molecule has 1 amide bonds. The summed E-state index contributed by atoms with van der Waals surface area (Å²) in [4.78, 5) is 38.1. The first-order valence-corrected chi connectivity index (χ1v) is 10.4. The number of nitrogens with one attached hydrogen (secondary N) is 2. The lowest BCUT2D eigenvalue weighted by Crippen LogP contribution is -2.42. The first-order valence-electron chi connectivity index (χ1n) is 8.89.